The summed E-state index contributed by atoms with van der Waals surface area (Å²) in [5.41, 5.74) is 0. The summed E-state index contributed by atoms with van der Waals surface area (Å²) in [6.07, 6.45) is -21.6. The molecule has 1 atom stereocenters. The molecule has 0 bridgehead atoms. The van der Waals surface area contributed by atoms with Gasteiger partial charge in [-0.1, -0.05) is 0 Å². The average molecular weight is 456 g/mol. The van der Waals surface area contributed by atoms with E-state index in [1.54, 1.807) is 4.52 Å². The molecule has 0 aliphatic rings. The van der Waals surface area contributed by atoms with Crippen molar-refractivity contribution < 1.29 is 131 Å². The van der Waals surface area contributed by atoms with Crippen LogP contribution in [0.4, 0.5) is 52.7 Å². The first-order chi connectivity index (χ1) is 10.1. The van der Waals surface area contributed by atoms with Crippen LogP contribution in [0.15, 0.2) is 0 Å². The summed E-state index contributed by atoms with van der Waals surface area (Å²) in [7, 11) is -7.14. The maximum Gasteiger partial charge on any atom is 1.00 e. The van der Waals surface area contributed by atoms with E-state index in [0.717, 1.165) is 0 Å². The van der Waals surface area contributed by atoms with Crippen molar-refractivity contribution in [3.63, 3.8) is 0 Å². The Balaban J connectivity index is -0.00000264. The molecule has 0 heterocycles. The molecular weight excluding hydrogens is 453 g/mol. The molecule has 0 saturated heterocycles. The van der Waals surface area contributed by atoms with E-state index in [1.807, 2.05) is 0 Å². The number of alkyl halides is 12. The number of phosphoric acid groups is 1. The summed E-state index contributed by atoms with van der Waals surface area (Å²) in [5, 5.41) is 0. The molecule has 146 valence electrons. The molecule has 0 amide bonds. The summed E-state index contributed by atoms with van der Waals surface area (Å²) in [6, 6.07) is 0. The molecule has 0 N–H and O–H groups in total. The van der Waals surface area contributed by atoms with Crippen molar-refractivity contribution >= 4 is 7.82 Å². The van der Waals surface area contributed by atoms with Gasteiger partial charge < -0.3 is 14.4 Å². The molecule has 4 nitrogen and oxygen atoms in total. The van der Waals surface area contributed by atoms with Gasteiger partial charge in [0.1, 0.15) is 0 Å². The van der Waals surface area contributed by atoms with Gasteiger partial charge in [-0.05, 0) is 0 Å². The van der Waals surface area contributed by atoms with E-state index in [4.69, 9.17) is 0 Å². The Morgan fingerprint density at radius 3 is 1.42 bits per heavy atom. The van der Waals surface area contributed by atoms with Gasteiger partial charge in [0.25, 0.3) is 0 Å². The summed E-state index contributed by atoms with van der Waals surface area (Å²) in [4.78, 5) is 19.5. The number of hydrogen-bond acceptors (Lipinski definition) is 4. The molecular formula is C7H3F12Na2O4P. The summed E-state index contributed by atoms with van der Waals surface area (Å²) in [5.74, 6) is -22.2. The van der Waals surface area contributed by atoms with Gasteiger partial charge in [0.15, 0.2) is 6.17 Å². The minimum Gasteiger partial charge on any atom is -0.790 e. The van der Waals surface area contributed by atoms with Crippen LogP contribution in [-0.2, 0) is 9.09 Å². The number of phosphoric ester groups is 1. The Kier molecular flexibility index (Phi) is 11.5. The molecule has 0 aliphatic heterocycles. The molecule has 0 aromatic heterocycles. The topological polar surface area (TPSA) is 72.4 Å². The summed E-state index contributed by atoms with van der Waals surface area (Å²) < 4.78 is 162. The molecule has 0 fully saturated rings. The zero-order valence-electron chi connectivity index (χ0n) is 12.4. The van der Waals surface area contributed by atoms with Gasteiger partial charge in [-0.15, -0.1) is 0 Å². The zero-order chi connectivity index (χ0) is 20.0. The van der Waals surface area contributed by atoms with Crippen LogP contribution in [0.2, 0.25) is 0 Å². The fourth-order valence-electron chi connectivity index (χ4n) is 1.12. The van der Waals surface area contributed by atoms with Crippen LogP contribution in [-0.4, -0.2) is 36.2 Å². The molecule has 1 unspecified atom stereocenters. The molecule has 0 spiro atoms. The quantitative estimate of drug-likeness (QED) is 0.228. The number of rotatable bonds is 7. The monoisotopic (exact) mass is 456 g/mol. The Bertz CT molecular complexity index is 506. The number of hydrogen-bond donors (Lipinski definition) is 0. The van der Waals surface area contributed by atoms with E-state index in [-0.39, 0.29) is 59.1 Å². The molecule has 0 aliphatic carbocycles. The number of halogens is 12. The third kappa shape index (κ3) is 7.26. The van der Waals surface area contributed by atoms with E-state index in [0.29, 0.717) is 0 Å². The SMILES string of the molecule is O=P([O-])([O-])OC(F)(F)C(F)(F)C(F)(F)C(F)(F)C(F)CC(F)(F)F.[Na+].[Na+]. The normalized spacial score (nSPS) is 15.8. The first-order valence-corrected chi connectivity index (χ1v) is 6.49. The fraction of sp³-hybridized carbons (Fsp3) is 1.00. The van der Waals surface area contributed by atoms with Gasteiger partial charge in [-0.3, -0.25) is 4.52 Å². The molecule has 0 radical (unpaired) electrons. The van der Waals surface area contributed by atoms with Crippen LogP contribution in [0.3, 0.4) is 0 Å². The predicted molar refractivity (Wildman–Crippen MR) is 44.0 cm³/mol. The average Bonchev–Trinajstić information content (AvgIpc) is 2.22. The second kappa shape index (κ2) is 9.39. The largest absolute Gasteiger partial charge is 1.00 e. The van der Waals surface area contributed by atoms with Gasteiger partial charge in [0.05, 0.1) is 14.2 Å². The Labute approximate surface area is 180 Å². The Morgan fingerprint density at radius 2 is 1.15 bits per heavy atom. The maximum atomic E-state index is 12.9. The standard InChI is InChI=1S/C7H5F12O4P.2Na/c8-2(1-3(9,10)11)4(12,13)5(14,15)6(16,17)7(18,19)23-24(20,21)22;;/h2H,1H2,(H2,20,21,22);;/q;2*+1/p-2. The molecule has 0 rings (SSSR count). The third-order valence-electron chi connectivity index (χ3n) is 2.21. The van der Waals surface area contributed by atoms with E-state index in [9.17, 15) is 67.0 Å². The van der Waals surface area contributed by atoms with Gasteiger partial charge in [0.2, 0.25) is 0 Å². The van der Waals surface area contributed by atoms with E-state index in [1.165, 1.54) is 0 Å². The molecule has 0 saturated carbocycles. The van der Waals surface area contributed by atoms with Crippen molar-refractivity contribution in [2.75, 3.05) is 0 Å². The zero-order valence-corrected chi connectivity index (χ0v) is 17.3. The van der Waals surface area contributed by atoms with Crippen molar-refractivity contribution in [1.82, 2.24) is 0 Å². The third-order valence-corrected chi connectivity index (χ3v) is 2.66. The molecule has 0 aromatic carbocycles. The first kappa shape index (κ1) is 31.9. The summed E-state index contributed by atoms with van der Waals surface area (Å²) >= 11 is 0. The minimum absolute atomic E-state index is 0. The van der Waals surface area contributed by atoms with Crippen molar-refractivity contribution in [1.29, 1.82) is 0 Å². The van der Waals surface area contributed by atoms with Crippen molar-refractivity contribution in [3.8, 4) is 0 Å². The van der Waals surface area contributed by atoms with Crippen molar-refractivity contribution in [2.24, 2.45) is 0 Å². The van der Waals surface area contributed by atoms with Gasteiger partial charge in [0, 0.05) is 0 Å². The van der Waals surface area contributed by atoms with Crippen LogP contribution in [0, 0.1) is 0 Å². The molecule has 26 heavy (non-hydrogen) atoms. The van der Waals surface area contributed by atoms with E-state index >= 15 is 0 Å². The van der Waals surface area contributed by atoms with E-state index in [2.05, 4.69) is 0 Å². The predicted octanol–water partition coefficient (Wildman–Crippen LogP) is -3.37. The van der Waals surface area contributed by atoms with Crippen LogP contribution in [0.25, 0.3) is 0 Å². The van der Waals surface area contributed by atoms with Crippen LogP contribution < -0.4 is 68.9 Å². The van der Waals surface area contributed by atoms with Crippen molar-refractivity contribution in [3.05, 3.63) is 0 Å². The Morgan fingerprint density at radius 1 is 0.808 bits per heavy atom. The van der Waals surface area contributed by atoms with Crippen LogP contribution in [0.1, 0.15) is 6.42 Å². The minimum atomic E-state index is -7.58. The van der Waals surface area contributed by atoms with Gasteiger partial charge >= 0.3 is 89.2 Å². The second-order valence-corrected chi connectivity index (χ2v) is 5.19. The summed E-state index contributed by atoms with van der Waals surface area (Å²) in [6.45, 7) is 0. The van der Waals surface area contributed by atoms with Crippen molar-refractivity contribution in [2.45, 2.75) is 42.6 Å². The second-order valence-electron chi connectivity index (χ2n) is 4.11. The maximum absolute atomic E-state index is 12.9. The van der Waals surface area contributed by atoms with E-state index < -0.39 is 50.5 Å². The Hall–Kier alpha value is 1.27. The van der Waals surface area contributed by atoms with Crippen LogP contribution in [0.5, 0.6) is 0 Å². The van der Waals surface area contributed by atoms with Gasteiger partial charge in [-0.25, -0.2) is 4.39 Å². The van der Waals surface area contributed by atoms with Crippen LogP contribution >= 0.6 is 7.82 Å². The van der Waals surface area contributed by atoms with Gasteiger partial charge in [-0.2, -0.15) is 48.3 Å². The molecule has 19 heteroatoms. The molecule has 0 aromatic rings. The fourth-order valence-corrected chi connectivity index (χ4v) is 1.51. The smallest absolute Gasteiger partial charge is 0.790 e. The first-order valence-electron chi connectivity index (χ1n) is 5.03.